The van der Waals surface area contributed by atoms with Gasteiger partial charge in [0.05, 0.1) is 17.6 Å². The molecule has 34 heavy (non-hydrogen) atoms. The first-order chi connectivity index (χ1) is 15.9. The van der Waals surface area contributed by atoms with E-state index < -0.39 is 22.8 Å². The zero-order chi connectivity index (χ0) is 24.9. The van der Waals surface area contributed by atoms with Gasteiger partial charge in [0, 0.05) is 5.56 Å². The molecule has 1 heterocycles. The van der Waals surface area contributed by atoms with E-state index in [1.54, 1.807) is 0 Å². The lowest BCUT2D eigenvalue weighted by molar-refractivity contribution is -0.115. The first-order valence-corrected chi connectivity index (χ1v) is 11.9. The van der Waals surface area contributed by atoms with Crippen LogP contribution in [0.15, 0.2) is 29.2 Å². The Morgan fingerprint density at radius 2 is 1.85 bits per heavy atom. The molecule has 0 unspecified atom stereocenters. The monoisotopic (exact) mass is 483 g/mol. The van der Waals surface area contributed by atoms with Gasteiger partial charge in [-0.15, -0.1) is 0 Å². The van der Waals surface area contributed by atoms with E-state index in [0.29, 0.717) is 17.3 Å². The van der Waals surface area contributed by atoms with E-state index in [2.05, 4.69) is 45.2 Å². The highest BCUT2D eigenvalue weighted by Gasteiger charge is 2.32. The number of nitrogens with one attached hydrogen (secondary N) is 1. The molecule has 2 amide bonds. The van der Waals surface area contributed by atoms with Crippen molar-refractivity contribution in [3.63, 3.8) is 0 Å². The van der Waals surface area contributed by atoms with Crippen molar-refractivity contribution < 1.29 is 23.1 Å². The third-order valence-corrected chi connectivity index (χ3v) is 7.27. The molecule has 0 radical (unpaired) electrons. The summed E-state index contributed by atoms with van der Waals surface area (Å²) in [5, 5.41) is 1.58. The standard InChI is InChI=1S/C27H27F2NO3S/c1-13(2)16-7-8-27(4,5)19-9-14(3)17(12-18(16)19)22-23(29)15(10-20(28)24(22)33-6)11-21-25(31)30-26(32)34-21/h7,9-13H,8H2,1-6H3,(H,30,31,32)/b21-11+. The van der Waals surface area contributed by atoms with Gasteiger partial charge >= 0.3 is 0 Å². The predicted octanol–water partition coefficient (Wildman–Crippen LogP) is 6.99. The van der Waals surface area contributed by atoms with Crippen LogP contribution in [0.5, 0.6) is 5.75 Å². The molecule has 1 fully saturated rings. The number of carbonyl (C=O) groups excluding carboxylic acids is 2. The van der Waals surface area contributed by atoms with Crippen LogP contribution >= 0.6 is 11.8 Å². The quantitative estimate of drug-likeness (QED) is 0.476. The summed E-state index contributed by atoms with van der Waals surface area (Å²) in [6.45, 7) is 10.5. The van der Waals surface area contributed by atoms with E-state index in [9.17, 15) is 9.59 Å². The first-order valence-electron chi connectivity index (χ1n) is 11.1. The number of methoxy groups -OCH3 is 1. The van der Waals surface area contributed by atoms with Crippen LogP contribution < -0.4 is 10.1 Å². The maximum atomic E-state index is 16.0. The second-order valence-corrected chi connectivity index (χ2v) is 10.7. The van der Waals surface area contributed by atoms with Gasteiger partial charge in [-0.2, -0.15) is 0 Å². The topological polar surface area (TPSA) is 55.4 Å². The van der Waals surface area contributed by atoms with Crippen LogP contribution in [0, 0.1) is 24.5 Å². The Labute approximate surface area is 202 Å². The number of halogens is 2. The van der Waals surface area contributed by atoms with Crippen molar-refractivity contribution in [2.75, 3.05) is 7.11 Å². The highest BCUT2D eigenvalue weighted by Crippen LogP contribution is 2.46. The molecule has 1 aliphatic heterocycles. The van der Waals surface area contributed by atoms with Gasteiger partial charge in [-0.3, -0.25) is 14.9 Å². The van der Waals surface area contributed by atoms with Gasteiger partial charge in [0.15, 0.2) is 11.6 Å². The van der Waals surface area contributed by atoms with E-state index >= 15 is 8.78 Å². The van der Waals surface area contributed by atoms with Crippen molar-refractivity contribution in [1.29, 1.82) is 0 Å². The molecule has 4 rings (SSSR count). The fraction of sp³-hybridized carbons (Fsp3) is 0.333. The number of hydrogen-bond donors (Lipinski definition) is 1. The van der Waals surface area contributed by atoms with Crippen LogP contribution in [-0.2, 0) is 10.2 Å². The highest BCUT2D eigenvalue weighted by molar-refractivity contribution is 8.18. The van der Waals surface area contributed by atoms with Crippen molar-refractivity contribution >= 4 is 34.6 Å². The number of allylic oxidation sites excluding steroid dienone is 2. The second-order valence-electron chi connectivity index (χ2n) is 9.64. The Hall–Kier alpha value is -2.93. The fourth-order valence-corrected chi connectivity index (χ4v) is 5.32. The minimum atomic E-state index is -0.752. The van der Waals surface area contributed by atoms with E-state index in [1.807, 2.05) is 13.0 Å². The molecule has 178 valence electrons. The Bertz CT molecular complexity index is 1290. The summed E-state index contributed by atoms with van der Waals surface area (Å²) >= 11 is 0.653. The molecule has 0 atom stereocenters. The number of fused-ring (bicyclic) bond motifs is 1. The molecule has 2 aromatic carbocycles. The lowest BCUT2D eigenvalue weighted by Crippen LogP contribution is -2.23. The normalized spacial score (nSPS) is 18.3. The molecule has 1 N–H and O–H groups in total. The second kappa shape index (κ2) is 8.69. The zero-order valence-corrected chi connectivity index (χ0v) is 20.9. The number of thioether (sulfide) groups is 1. The third-order valence-electron chi connectivity index (χ3n) is 6.46. The minimum Gasteiger partial charge on any atom is -0.493 e. The molecular weight excluding hydrogens is 456 g/mol. The molecule has 0 spiro atoms. The predicted molar refractivity (Wildman–Crippen MR) is 133 cm³/mol. The largest absolute Gasteiger partial charge is 0.493 e. The Morgan fingerprint density at radius 1 is 1.15 bits per heavy atom. The van der Waals surface area contributed by atoms with Gasteiger partial charge in [-0.25, -0.2) is 8.78 Å². The van der Waals surface area contributed by atoms with Crippen LogP contribution in [0.1, 0.15) is 56.4 Å². The molecule has 2 aliphatic rings. The number of hydrogen-bond acceptors (Lipinski definition) is 4. The van der Waals surface area contributed by atoms with E-state index in [-0.39, 0.29) is 33.1 Å². The third kappa shape index (κ3) is 4.06. The Kier molecular flexibility index (Phi) is 6.19. The summed E-state index contributed by atoms with van der Waals surface area (Å²) in [5.74, 6) is -2.04. The van der Waals surface area contributed by atoms with E-state index in [4.69, 9.17) is 4.74 Å². The van der Waals surface area contributed by atoms with Gasteiger partial charge in [-0.1, -0.05) is 39.8 Å². The van der Waals surface area contributed by atoms with Crippen LogP contribution in [0.2, 0.25) is 0 Å². The molecule has 1 aliphatic carbocycles. The molecular formula is C27H27F2NO3S. The SMILES string of the molecule is COc1c(F)cc(/C=C2/SC(=O)NC2=O)c(F)c1-c1cc2c(cc1C)C(C)(C)CC=C2C(C)C. The van der Waals surface area contributed by atoms with Crippen LogP contribution in [0.4, 0.5) is 13.6 Å². The van der Waals surface area contributed by atoms with Crippen molar-refractivity contribution in [2.45, 2.75) is 46.5 Å². The average Bonchev–Trinajstić information content (AvgIpc) is 3.06. The van der Waals surface area contributed by atoms with E-state index in [0.717, 1.165) is 23.6 Å². The molecule has 7 heteroatoms. The van der Waals surface area contributed by atoms with Gasteiger partial charge in [0.2, 0.25) is 0 Å². The van der Waals surface area contributed by atoms with Gasteiger partial charge in [0.25, 0.3) is 11.1 Å². The summed E-state index contributed by atoms with van der Waals surface area (Å²) in [6.07, 6.45) is 4.33. The summed E-state index contributed by atoms with van der Waals surface area (Å²) in [5.41, 5.74) is 4.47. The number of amides is 2. The number of imide groups is 1. The summed E-state index contributed by atoms with van der Waals surface area (Å²) in [6, 6.07) is 4.97. The maximum absolute atomic E-state index is 16.0. The number of benzene rings is 2. The summed E-state index contributed by atoms with van der Waals surface area (Å²) < 4.78 is 36.4. The van der Waals surface area contributed by atoms with Crippen LogP contribution in [-0.4, -0.2) is 18.3 Å². The summed E-state index contributed by atoms with van der Waals surface area (Å²) in [4.78, 5) is 23.5. The highest BCUT2D eigenvalue weighted by atomic mass is 32.2. The molecule has 0 saturated carbocycles. The lowest BCUT2D eigenvalue weighted by Gasteiger charge is -2.34. The van der Waals surface area contributed by atoms with E-state index in [1.165, 1.54) is 24.3 Å². The number of ether oxygens (including phenoxy) is 1. The van der Waals surface area contributed by atoms with Crippen molar-refractivity contribution in [3.8, 4) is 16.9 Å². The van der Waals surface area contributed by atoms with Crippen LogP contribution in [0.3, 0.4) is 0 Å². The lowest BCUT2D eigenvalue weighted by atomic mass is 9.70. The van der Waals surface area contributed by atoms with Crippen molar-refractivity contribution in [2.24, 2.45) is 5.92 Å². The zero-order valence-electron chi connectivity index (χ0n) is 20.1. The number of aryl methyl sites for hydroxylation is 1. The minimum absolute atomic E-state index is 0.00383. The van der Waals surface area contributed by atoms with Crippen LogP contribution in [0.25, 0.3) is 22.8 Å². The molecule has 1 saturated heterocycles. The summed E-state index contributed by atoms with van der Waals surface area (Å²) in [7, 11) is 1.30. The van der Waals surface area contributed by atoms with Crippen molar-refractivity contribution in [3.05, 3.63) is 63.1 Å². The van der Waals surface area contributed by atoms with Gasteiger partial charge in [0.1, 0.15) is 5.82 Å². The Balaban J connectivity index is 1.98. The van der Waals surface area contributed by atoms with Gasteiger partial charge < -0.3 is 4.74 Å². The maximum Gasteiger partial charge on any atom is 0.290 e. The smallest absolute Gasteiger partial charge is 0.290 e. The molecule has 2 aromatic rings. The van der Waals surface area contributed by atoms with Crippen molar-refractivity contribution in [1.82, 2.24) is 5.32 Å². The van der Waals surface area contributed by atoms with Gasteiger partial charge in [-0.05, 0) is 82.5 Å². The Morgan fingerprint density at radius 3 is 2.44 bits per heavy atom. The molecule has 4 nitrogen and oxygen atoms in total. The molecule has 0 bridgehead atoms. The average molecular weight is 484 g/mol. The number of carbonyl (C=O) groups is 2. The fourth-order valence-electron chi connectivity index (χ4n) is 4.64. The first kappa shape index (κ1) is 24.2. The number of rotatable bonds is 4. The molecule has 0 aromatic heterocycles.